The summed E-state index contributed by atoms with van der Waals surface area (Å²) in [6.45, 7) is 4.09. The van der Waals surface area contributed by atoms with Gasteiger partial charge >= 0.3 is 0 Å². The zero-order valence-electron chi connectivity index (χ0n) is 21.2. The highest BCUT2D eigenvalue weighted by molar-refractivity contribution is 7.85. The first-order chi connectivity index (χ1) is 16.3. The van der Waals surface area contributed by atoms with Gasteiger partial charge < -0.3 is 0 Å². The number of hydrogen-bond donors (Lipinski definition) is 2. The molecule has 2 rings (SSSR count). The first kappa shape index (κ1) is 28.4. The monoisotopic (exact) mass is 492 g/mol. The lowest BCUT2D eigenvalue weighted by Crippen LogP contribution is -2.15. The number of hydrogen-bond acceptors (Lipinski definition) is 3. The number of aromatic nitrogens is 2. The second-order valence-corrected chi connectivity index (χ2v) is 10.9. The van der Waals surface area contributed by atoms with Crippen molar-refractivity contribution in [3.8, 4) is 5.69 Å². The summed E-state index contributed by atoms with van der Waals surface area (Å²) in [6, 6.07) is 5.61. The number of aromatic amines is 1. The average molecular weight is 493 g/mol. The molecule has 0 aliphatic heterocycles. The van der Waals surface area contributed by atoms with Crippen molar-refractivity contribution in [3.05, 3.63) is 45.9 Å². The fourth-order valence-electron chi connectivity index (χ4n) is 4.43. The molecule has 0 radical (unpaired) electrons. The topological polar surface area (TPSA) is 92.2 Å². The largest absolute Gasteiger partial charge is 0.295 e. The Morgan fingerprint density at radius 2 is 1.21 bits per heavy atom. The molecule has 0 aliphatic rings. The summed E-state index contributed by atoms with van der Waals surface area (Å²) >= 11 is 0. The Balaban J connectivity index is 1.60. The van der Waals surface area contributed by atoms with E-state index in [1.165, 1.54) is 112 Å². The number of benzene rings is 1. The van der Waals surface area contributed by atoms with Gasteiger partial charge in [0, 0.05) is 11.3 Å². The zero-order chi connectivity index (χ0) is 24.8. The Kier molecular flexibility index (Phi) is 12.7. The van der Waals surface area contributed by atoms with Crippen molar-refractivity contribution < 1.29 is 13.0 Å². The average Bonchev–Trinajstić information content (AvgIpc) is 3.09. The Labute approximate surface area is 205 Å². The number of nitrogens with zero attached hydrogens (tertiary/aromatic N) is 1. The van der Waals surface area contributed by atoms with Gasteiger partial charge in [0.25, 0.3) is 15.7 Å². The lowest BCUT2D eigenvalue weighted by atomic mass is 10.0. The van der Waals surface area contributed by atoms with Gasteiger partial charge in [0.05, 0.1) is 10.6 Å². The Morgan fingerprint density at radius 1 is 0.765 bits per heavy atom. The van der Waals surface area contributed by atoms with Gasteiger partial charge in [-0.1, -0.05) is 96.8 Å². The summed E-state index contributed by atoms with van der Waals surface area (Å²) in [7, 11) is -4.25. The lowest BCUT2D eigenvalue weighted by Gasteiger charge is -2.04. The van der Waals surface area contributed by atoms with E-state index in [1.54, 1.807) is 0 Å². The number of rotatable bonds is 18. The fourth-order valence-corrected chi connectivity index (χ4v) is 4.91. The maximum absolute atomic E-state index is 12.6. The first-order valence-electron chi connectivity index (χ1n) is 13.2. The molecule has 0 unspecified atom stereocenters. The van der Waals surface area contributed by atoms with Crippen LogP contribution in [-0.2, 0) is 16.5 Å². The highest BCUT2D eigenvalue weighted by atomic mass is 32.2. The molecule has 192 valence electrons. The minimum Gasteiger partial charge on any atom is -0.295 e. The van der Waals surface area contributed by atoms with Crippen molar-refractivity contribution in [1.29, 1.82) is 0 Å². The van der Waals surface area contributed by atoms with Crippen LogP contribution in [0.25, 0.3) is 5.69 Å². The van der Waals surface area contributed by atoms with Crippen LogP contribution in [0.15, 0.2) is 34.0 Å². The summed E-state index contributed by atoms with van der Waals surface area (Å²) in [5.41, 5.74) is 2.04. The van der Waals surface area contributed by atoms with Crippen LogP contribution >= 0.6 is 0 Å². The summed E-state index contributed by atoms with van der Waals surface area (Å²) in [6.07, 6.45) is 20.7. The van der Waals surface area contributed by atoms with Crippen molar-refractivity contribution in [3.63, 3.8) is 0 Å². The molecule has 1 aromatic carbocycles. The maximum atomic E-state index is 12.6. The van der Waals surface area contributed by atoms with Crippen molar-refractivity contribution in [2.45, 2.75) is 121 Å². The smallest absolute Gasteiger partial charge is 0.294 e. The van der Waals surface area contributed by atoms with Gasteiger partial charge in [-0.15, -0.1) is 0 Å². The molecule has 0 atom stereocenters. The molecule has 6 nitrogen and oxygen atoms in total. The normalized spacial score (nSPS) is 11.9. The number of nitrogens with one attached hydrogen (secondary N) is 1. The lowest BCUT2D eigenvalue weighted by molar-refractivity contribution is 0.483. The Morgan fingerprint density at radius 3 is 1.65 bits per heavy atom. The van der Waals surface area contributed by atoms with Crippen LogP contribution < -0.4 is 5.56 Å². The maximum Gasteiger partial charge on any atom is 0.294 e. The molecule has 34 heavy (non-hydrogen) atoms. The first-order valence-corrected chi connectivity index (χ1v) is 14.7. The van der Waals surface area contributed by atoms with Crippen LogP contribution in [0.3, 0.4) is 0 Å². The van der Waals surface area contributed by atoms with E-state index in [9.17, 15) is 13.2 Å². The molecular weight excluding hydrogens is 448 g/mol. The third kappa shape index (κ3) is 9.79. The van der Waals surface area contributed by atoms with Gasteiger partial charge in [0.1, 0.15) is 0 Å². The zero-order valence-corrected chi connectivity index (χ0v) is 22.0. The third-order valence-electron chi connectivity index (χ3n) is 6.65. The van der Waals surface area contributed by atoms with E-state index in [2.05, 4.69) is 12.0 Å². The van der Waals surface area contributed by atoms with Gasteiger partial charge in [-0.3, -0.25) is 14.4 Å². The van der Waals surface area contributed by atoms with Crippen molar-refractivity contribution in [1.82, 2.24) is 9.78 Å². The van der Waals surface area contributed by atoms with Crippen molar-refractivity contribution >= 4 is 10.1 Å². The van der Waals surface area contributed by atoms with E-state index < -0.39 is 10.1 Å². The van der Waals surface area contributed by atoms with Crippen LogP contribution in [0.4, 0.5) is 0 Å². The standard InChI is InChI=1S/C27H44N2O4S/c1-3-4-5-6-7-8-9-10-11-12-13-14-15-16-17-18-26-23(2)27(30)29(28-26)24-19-21-25(22-20-24)34(31,32)33/h19-22,28H,3-18H2,1-2H3,(H,31,32,33). The number of unbranched alkanes of at least 4 members (excludes halogenated alkanes) is 14. The highest BCUT2D eigenvalue weighted by Gasteiger charge is 2.13. The summed E-state index contributed by atoms with van der Waals surface area (Å²) in [5.74, 6) is 0. The summed E-state index contributed by atoms with van der Waals surface area (Å²) in [5, 5.41) is 3.17. The van der Waals surface area contributed by atoms with Crippen LogP contribution in [0, 0.1) is 6.92 Å². The molecule has 2 N–H and O–H groups in total. The van der Waals surface area contributed by atoms with E-state index >= 15 is 0 Å². The Hall–Kier alpha value is -1.86. The van der Waals surface area contributed by atoms with Gasteiger partial charge in [-0.2, -0.15) is 8.42 Å². The molecule has 0 amide bonds. The molecule has 2 aromatic rings. The summed E-state index contributed by atoms with van der Waals surface area (Å²) in [4.78, 5) is 12.4. The number of aryl methyl sites for hydroxylation is 1. The molecule has 0 saturated heterocycles. The second kappa shape index (κ2) is 15.2. The SMILES string of the molecule is CCCCCCCCCCCCCCCCCc1[nH]n(-c2ccc(S(=O)(=O)O)cc2)c(=O)c1C. The Bertz CT molecular complexity index is 991. The molecule has 0 fully saturated rings. The molecule has 1 heterocycles. The van der Waals surface area contributed by atoms with Crippen LogP contribution in [-0.4, -0.2) is 22.8 Å². The quantitative estimate of drug-likeness (QED) is 0.171. The highest BCUT2D eigenvalue weighted by Crippen LogP contribution is 2.16. The van der Waals surface area contributed by atoms with E-state index in [4.69, 9.17) is 4.55 Å². The molecule has 1 aromatic heterocycles. The van der Waals surface area contributed by atoms with Gasteiger partial charge in [0.2, 0.25) is 0 Å². The minimum atomic E-state index is -4.25. The minimum absolute atomic E-state index is 0.129. The third-order valence-corrected chi connectivity index (χ3v) is 7.51. The van der Waals surface area contributed by atoms with Crippen LogP contribution in [0.5, 0.6) is 0 Å². The van der Waals surface area contributed by atoms with Crippen molar-refractivity contribution in [2.75, 3.05) is 0 Å². The number of H-pyrrole nitrogens is 1. The molecule has 0 aliphatic carbocycles. The predicted molar refractivity (Wildman–Crippen MR) is 140 cm³/mol. The summed E-state index contributed by atoms with van der Waals surface area (Å²) < 4.78 is 33.0. The van der Waals surface area contributed by atoms with Gasteiger partial charge in [-0.05, 0) is 44.0 Å². The van der Waals surface area contributed by atoms with E-state index in [1.807, 2.05) is 6.92 Å². The molecular formula is C27H44N2O4S. The van der Waals surface area contributed by atoms with Crippen LogP contribution in [0.1, 0.15) is 114 Å². The predicted octanol–water partition coefficient (Wildman–Crippen LogP) is 7.13. The van der Waals surface area contributed by atoms with Crippen molar-refractivity contribution in [2.24, 2.45) is 0 Å². The van der Waals surface area contributed by atoms with E-state index in [0.717, 1.165) is 25.0 Å². The molecule has 0 spiro atoms. The fraction of sp³-hybridized carbons (Fsp3) is 0.667. The molecule has 0 bridgehead atoms. The molecule has 0 saturated carbocycles. The molecule has 7 heteroatoms. The van der Waals surface area contributed by atoms with Gasteiger partial charge in [0.15, 0.2) is 0 Å². The second-order valence-electron chi connectivity index (χ2n) is 9.52. The van der Waals surface area contributed by atoms with E-state index in [-0.39, 0.29) is 10.5 Å². The van der Waals surface area contributed by atoms with Crippen LogP contribution in [0.2, 0.25) is 0 Å². The van der Waals surface area contributed by atoms with Gasteiger partial charge in [-0.25, -0.2) is 4.68 Å². The van der Waals surface area contributed by atoms with E-state index in [0.29, 0.717) is 11.3 Å².